The van der Waals surface area contributed by atoms with E-state index in [1.165, 1.54) is 89.0 Å². The predicted octanol–water partition coefficient (Wildman–Crippen LogP) is 8.60. The third-order valence-electron chi connectivity index (χ3n) is 6.36. The first kappa shape index (κ1) is 22.2. The second kappa shape index (κ2) is 10.5. The highest BCUT2D eigenvalue weighted by molar-refractivity contribution is 14.1. The molecule has 0 saturated heterocycles. The van der Waals surface area contributed by atoms with Crippen LogP contribution in [0.15, 0.2) is 18.2 Å². The maximum atomic E-state index is 2.68. The molecule has 0 unspecified atom stereocenters. The minimum Gasteiger partial charge on any atom is -0.0789 e. The Balaban J connectivity index is 1.65. The smallest absolute Gasteiger partial charge is 0.0223 e. The maximum Gasteiger partial charge on any atom is 0.0223 e. The van der Waals surface area contributed by atoms with Gasteiger partial charge in [0.25, 0.3) is 0 Å². The van der Waals surface area contributed by atoms with Crippen molar-refractivity contribution >= 4 is 22.6 Å². The summed E-state index contributed by atoms with van der Waals surface area (Å²) in [4.78, 5) is 0. The molecule has 0 aliphatic heterocycles. The fourth-order valence-electron chi connectivity index (χ4n) is 3.86. The average Bonchev–Trinajstić information content (AvgIpc) is 3.31. The molecule has 1 aromatic rings. The molecule has 26 heavy (non-hydrogen) atoms. The fraction of sp³-hybridized carbons (Fsp3) is 0.760. The van der Waals surface area contributed by atoms with E-state index in [1.807, 2.05) is 0 Å². The molecule has 0 aromatic heterocycles. The number of aryl methyl sites for hydroxylation is 3. The van der Waals surface area contributed by atoms with Crippen LogP contribution in [0.1, 0.15) is 108 Å². The van der Waals surface area contributed by atoms with E-state index in [-0.39, 0.29) is 0 Å². The lowest BCUT2D eigenvalue weighted by atomic mass is 9.84. The van der Waals surface area contributed by atoms with Crippen molar-refractivity contribution in [3.63, 3.8) is 0 Å². The molecule has 1 aliphatic rings. The highest BCUT2D eigenvalue weighted by atomic mass is 127. The van der Waals surface area contributed by atoms with Crippen LogP contribution in [-0.2, 0) is 12.8 Å². The Morgan fingerprint density at radius 2 is 1.46 bits per heavy atom. The standard InChI is InChI=1S/C25H41I/c1-5-24(3,4)14-10-6-8-12-22-18-21(2)19-23(20-22)13-9-7-11-15-25(26)16-17-25/h18-20H,5-17H2,1-4H3. The van der Waals surface area contributed by atoms with Gasteiger partial charge in [-0.1, -0.05) is 99.2 Å². The van der Waals surface area contributed by atoms with Gasteiger partial charge in [0.1, 0.15) is 0 Å². The normalized spacial score (nSPS) is 16.0. The van der Waals surface area contributed by atoms with Crippen molar-refractivity contribution in [2.75, 3.05) is 0 Å². The van der Waals surface area contributed by atoms with Crippen LogP contribution in [0.5, 0.6) is 0 Å². The number of alkyl halides is 1. The number of unbranched alkanes of at least 4 members (excludes halogenated alkanes) is 4. The van der Waals surface area contributed by atoms with Crippen molar-refractivity contribution in [3.8, 4) is 0 Å². The van der Waals surface area contributed by atoms with Crippen LogP contribution in [0.2, 0.25) is 0 Å². The molecule has 0 radical (unpaired) electrons. The van der Waals surface area contributed by atoms with Crippen LogP contribution >= 0.6 is 22.6 Å². The van der Waals surface area contributed by atoms with Crippen LogP contribution in [0.4, 0.5) is 0 Å². The number of hydrogen-bond acceptors (Lipinski definition) is 0. The molecule has 1 heteroatoms. The molecule has 0 N–H and O–H groups in total. The van der Waals surface area contributed by atoms with Gasteiger partial charge in [-0.3, -0.25) is 0 Å². The summed E-state index contributed by atoms with van der Waals surface area (Å²) in [5.74, 6) is 0. The second-order valence-electron chi connectivity index (χ2n) is 9.62. The number of halogens is 1. The van der Waals surface area contributed by atoms with E-state index in [1.54, 1.807) is 11.1 Å². The predicted molar refractivity (Wildman–Crippen MR) is 126 cm³/mol. The van der Waals surface area contributed by atoms with Gasteiger partial charge in [-0.2, -0.15) is 0 Å². The molecular formula is C25H41I. The molecule has 1 aromatic carbocycles. The Morgan fingerprint density at radius 3 is 2.00 bits per heavy atom. The van der Waals surface area contributed by atoms with Crippen molar-refractivity contribution in [1.29, 1.82) is 0 Å². The van der Waals surface area contributed by atoms with Gasteiger partial charge in [-0.05, 0) is 74.8 Å². The van der Waals surface area contributed by atoms with E-state index in [0.717, 1.165) is 0 Å². The van der Waals surface area contributed by atoms with Crippen molar-refractivity contribution in [2.45, 2.75) is 115 Å². The van der Waals surface area contributed by atoms with Gasteiger partial charge < -0.3 is 0 Å². The molecule has 0 amide bonds. The van der Waals surface area contributed by atoms with E-state index in [2.05, 4.69) is 68.5 Å². The van der Waals surface area contributed by atoms with Crippen LogP contribution < -0.4 is 0 Å². The third kappa shape index (κ3) is 8.76. The van der Waals surface area contributed by atoms with Crippen LogP contribution in [0, 0.1) is 12.3 Å². The van der Waals surface area contributed by atoms with Crippen LogP contribution in [-0.4, -0.2) is 3.42 Å². The Kier molecular flexibility index (Phi) is 8.97. The molecule has 0 spiro atoms. The van der Waals surface area contributed by atoms with Gasteiger partial charge in [0.2, 0.25) is 0 Å². The minimum absolute atomic E-state index is 0.535. The SMILES string of the molecule is CCC(C)(C)CCCCCc1cc(C)cc(CCCCCC2(I)CC2)c1. The summed E-state index contributed by atoms with van der Waals surface area (Å²) in [5, 5.41) is 0. The summed E-state index contributed by atoms with van der Waals surface area (Å²) in [7, 11) is 0. The quantitative estimate of drug-likeness (QED) is 0.154. The van der Waals surface area contributed by atoms with E-state index >= 15 is 0 Å². The Bertz CT molecular complexity index is 539. The molecule has 1 aliphatic carbocycles. The lowest BCUT2D eigenvalue weighted by Crippen LogP contribution is -2.08. The van der Waals surface area contributed by atoms with Gasteiger partial charge in [-0.25, -0.2) is 0 Å². The maximum absolute atomic E-state index is 2.68. The topological polar surface area (TPSA) is 0 Å². The summed E-state index contributed by atoms with van der Waals surface area (Å²) in [6, 6.07) is 7.31. The van der Waals surface area contributed by atoms with Gasteiger partial charge in [0, 0.05) is 3.42 Å². The Hall–Kier alpha value is -0.0500. The van der Waals surface area contributed by atoms with Crippen molar-refractivity contribution in [1.82, 2.24) is 0 Å². The molecule has 2 rings (SSSR count). The number of rotatable bonds is 13. The minimum atomic E-state index is 0.535. The number of hydrogen-bond donors (Lipinski definition) is 0. The first-order chi connectivity index (χ1) is 12.3. The zero-order valence-corrected chi connectivity index (χ0v) is 20.0. The zero-order valence-electron chi connectivity index (χ0n) is 17.8. The first-order valence-corrected chi connectivity index (χ1v) is 12.2. The van der Waals surface area contributed by atoms with Gasteiger partial charge in [0.15, 0.2) is 0 Å². The van der Waals surface area contributed by atoms with Crippen molar-refractivity contribution < 1.29 is 0 Å². The lowest BCUT2D eigenvalue weighted by Gasteiger charge is -2.22. The van der Waals surface area contributed by atoms with Crippen molar-refractivity contribution in [3.05, 3.63) is 34.9 Å². The fourth-order valence-corrected chi connectivity index (χ4v) is 4.51. The summed E-state index contributed by atoms with van der Waals surface area (Å²) in [6.07, 6.45) is 17.9. The highest BCUT2D eigenvalue weighted by Crippen LogP contribution is 2.48. The Labute approximate surface area is 177 Å². The molecule has 0 bridgehead atoms. The van der Waals surface area contributed by atoms with Crippen LogP contribution in [0.3, 0.4) is 0 Å². The monoisotopic (exact) mass is 468 g/mol. The zero-order chi connectivity index (χ0) is 19.0. The Morgan fingerprint density at radius 1 is 0.885 bits per heavy atom. The molecule has 0 heterocycles. The highest BCUT2D eigenvalue weighted by Gasteiger charge is 2.38. The molecule has 0 atom stereocenters. The van der Waals surface area contributed by atoms with Gasteiger partial charge in [-0.15, -0.1) is 0 Å². The molecule has 0 nitrogen and oxygen atoms in total. The molecule has 1 saturated carbocycles. The second-order valence-corrected chi connectivity index (χ2v) is 11.9. The molecular weight excluding hydrogens is 427 g/mol. The van der Waals surface area contributed by atoms with E-state index in [9.17, 15) is 0 Å². The molecule has 1 fully saturated rings. The van der Waals surface area contributed by atoms with Gasteiger partial charge in [0.05, 0.1) is 0 Å². The first-order valence-electron chi connectivity index (χ1n) is 11.1. The summed E-state index contributed by atoms with van der Waals surface area (Å²) in [5.41, 5.74) is 5.13. The van der Waals surface area contributed by atoms with E-state index in [0.29, 0.717) is 8.84 Å². The third-order valence-corrected chi connectivity index (χ3v) is 7.97. The largest absolute Gasteiger partial charge is 0.0789 e. The van der Waals surface area contributed by atoms with Gasteiger partial charge >= 0.3 is 0 Å². The summed E-state index contributed by atoms with van der Waals surface area (Å²) >= 11 is 2.68. The lowest BCUT2D eigenvalue weighted by molar-refractivity contribution is 0.308. The number of benzene rings is 1. The molecule has 148 valence electrons. The summed E-state index contributed by atoms with van der Waals surface area (Å²) < 4.78 is 0.709. The van der Waals surface area contributed by atoms with Crippen LogP contribution in [0.25, 0.3) is 0 Å². The van der Waals surface area contributed by atoms with Crippen molar-refractivity contribution in [2.24, 2.45) is 5.41 Å². The van der Waals surface area contributed by atoms with E-state index in [4.69, 9.17) is 0 Å². The van der Waals surface area contributed by atoms with E-state index < -0.39 is 0 Å². The summed E-state index contributed by atoms with van der Waals surface area (Å²) in [6.45, 7) is 9.40. The average molecular weight is 469 g/mol.